The first-order valence-corrected chi connectivity index (χ1v) is 8.60. The Morgan fingerprint density at radius 2 is 2.12 bits per heavy atom. The van der Waals surface area contributed by atoms with Gasteiger partial charge in [0.1, 0.15) is 5.82 Å². The maximum atomic E-state index is 13.9. The highest BCUT2D eigenvalue weighted by Gasteiger charge is 2.56. The first kappa shape index (κ1) is 20.4. The van der Waals surface area contributed by atoms with Crippen LogP contribution >= 0.6 is 24.0 Å². The molecule has 140 valence electrons. The van der Waals surface area contributed by atoms with Gasteiger partial charge in [-0.15, -0.1) is 12.4 Å². The van der Waals surface area contributed by atoms with Crippen LogP contribution in [-0.4, -0.2) is 54.4 Å². The average molecular weight is 393 g/mol. The molecule has 2 fully saturated rings. The van der Waals surface area contributed by atoms with E-state index in [4.69, 9.17) is 22.1 Å². The number of hydrogen-bond acceptors (Lipinski definition) is 4. The smallest absolute Gasteiger partial charge is 0.256 e. The first-order valence-electron chi connectivity index (χ1n) is 8.22. The Hall–Kier alpha value is -0.920. The molecular formula is C17H23Cl2FN2O3. The van der Waals surface area contributed by atoms with E-state index < -0.39 is 11.9 Å². The zero-order chi connectivity index (χ0) is 17.3. The molecule has 0 unspecified atom stereocenters. The number of carbonyl (C=O) groups is 1. The Morgan fingerprint density at radius 3 is 2.72 bits per heavy atom. The Balaban J connectivity index is 0.00000225. The van der Waals surface area contributed by atoms with E-state index in [9.17, 15) is 14.3 Å². The molecule has 1 saturated carbocycles. The van der Waals surface area contributed by atoms with Crippen molar-refractivity contribution in [3.8, 4) is 0 Å². The average Bonchev–Trinajstić information content (AvgIpc) is 2.60. The van der Waals surface area contributed by atoms with Crippen LogP contribution in [-0.2, 0) is 4.74 Å². The van der Waals surface area contributed by atoms with E-state index in [1.54, 1.807) is 4.90 Å². The number of carbonyl (C=O) groups excluding carboxylic acids is 1. The Labute approximate surface area is 157 Å². The molecule has 1 spiro atoms. The van der Waals surface area contributed by atoms with E-state index in [0.29, 0.717) is 50.5 Å². The van der Waals surface area contributed by atoms with Crippen molar-refractivity contribution < 1.29 is 19.0 Å². The van der Waals surface area contributed by atoms with Crippen LogP contribution in [0, 0.1) is 11.2 Å². The summed E-state index contributed by atoms with van der Waals surface area (Å²) in [5.41, 5.74) is 5.16. The summed E-state index contributed by atoms with van der Waals surface area (Å²) >= 11 is 5.87. The fourth-order valence-corrected chi connectivity index (χ4v) is 3.96. The summed E-state index contributed by atoms with van der Waals surface area (Å²) < 4.78 is 19.6. The third-order valence-electron chi connectivity index (χ3n) is 5.32. The lowest BCUT2D eigenvalue weighted by molar-refractivity contribution is -0.207. The normalized spacial score (nSPS) is 24.6. The molecule has 0 bridgehead atoms. The Bertz CT molecular complexity index is 624. The number of ether oxygens (including phenoxy) is 1. The second kappa shape index (κ2) is 8.18. The molecule has 1 heterocycles. The molecule has 1 aliphatic carbocycles. The minimum Gasteiger partial charge on any atom is -0.392 e. The number of amides is 1. The fraction of sp³-hybridized carbons (Fsp3) is 0.588. The molecule has 1 aromatic rings. The maximum Gasteiger partial charge on any atom is 0.256 e. The lowest BCUT2D eigenvalue weighted by atomic mass is 9.58. The van der Waals surface area contributed by atoms with Gasteiger partial charge in [-0.3, -0.25) is 4.79 Å². The molecule has 3 N–H and O–H groups in total. The SMILES string of the molecule is Cl.NCCO[C@H]1C[C@@H](O)C12CCN(C(=O)c1cc(Cl)ccc1F)CC2. The van der Waals surface area contributed by atoms with Gasteiger partial charge in [0.05, 0.1) is 24.4 Å². The van der Waals surface area contributed by atoms with Gasteiger partial charge in [-0.2, -0.15) is 0 Å². The van der Waals surface area contributed by atoms with Crippen molar-refractivity contribution in [2.45, 2.75) is 31.5 Å². The highest BCUT2D eigenvalue weighted by atomic mass is 35.5. The first-order chi connectivity index (χ1) is 11.5. The molecular weight excluding hydrogens is 370 g/mol. The van der Waals surface area contributed by atoms with Crippen molar-refractivity contribution >= 4 is 29.9 Å². The van der Waals surface area contributed by atoms with Gasteiger partial charge in [0.2, 0.25) is 0 Å². The monoisotopic (exact) mass is 392 g/mol. The van der Waals surface area contributed by atoms with E-state index in [0.717, 1.165) is 0 Å². The minimum absolute atomic E-state index is 0. The van der Waals surface area contributed by atoms with E-state index in [-0.39, 0.29) is 35.4 Å². The van der Waals surface area contributed by atoms with E-state index in [1.807, 2.05) is 0 Å². The van der Waals surface area contributed by atoms with Crippen LogP contribution in [0.1, 0.15) is 29.6 Å². The van der Waals surface area contributed by atoms with Gasteiger partial charge >= 0.3 is 0 Å². The van der Waals surface area contributed by atoms with Crippen LogP contribution in [0.25, 0.3) is 0 Å². The van der Waals surface area contributed by atoms with Gasteiger partial charge in [-0.1, -0.05) is 11.6 Å². The molecule has 8 heteroatoms. The molecule has 2 aliphatic rings. The molecule has 2 atom stereocenters. The number of benzene rings is 1. The predicted molar refractivity (Wildman–Crippen MR) is 95.6 cm³/mol. The van der Waals surface area contributed by atoms with Gasteiger partial charge in [0, 0.05) is 36.5 Å². The third kappa shape index (κ3) is 3.78. The molecule has 25 heavy (non-hydrogen) atoms. The Kier molecular flexibility index (Phi) is 6.68. The van der Waals surface area contributed by atoms with Crippen LogP contribution in [0.3, 0.4) is 0 Å². The van der Waals surface area contributed by atoms with Crippen molar-refractivity contribution in [2.24, 2.45) is 11.1 Å². The molecule has 0 radical (unpaired) electrons. The number of likely N-dealkylation sites (tertiary alicyclic amines) is 1. The number of piperidine rings is 1. The summed E-state index contributed by atoms with van der Waals surface area (Å²) in [6.07, 6.45) is 1.45. The molecule has 1 saturated heterocycles. The van der Waals surface area contributed by atoms with Crippen molar-refractivity contribution in [3.63, 3.8) is 0 Å². The number of rotatable bonds is 4. The second-order valence-corrected chi connectivity index (χ2v) is 6.99. The van der Waals surface area contributed by atoms with Crippen molar-refractivity contribution in [1.29, 1.82) is 0 Å². The van der Waals surface area contributed by atoms with E-state index in [2.05, 4.69) is 0 Å². The second-order valence-electron chi connectivity index (χ2n) is 6.55. The van der Waals surface area contributed by atoms with Gasteiger partial charge in [-0.05, 0) is 31.0 Å². The largest absolute Gasteiger partial charge is 0.392 e. The third-order valence-corrected chi connectivity index (χ3v) is 5.55. The Morgan fingerprint density at radius 1 is 1.44 bits per heavy atom. The van der Waals surface area contributed by atoms with Gasteiger partial charge in [0.15, 0.2) is 0 Å². The lowest BCUT2D eigenvalue weighted by Gasteiger charge is -2.56. The van der Waals surface area contributed by atoms with Crippen molar-refractivity contribution in [3.05, 3.63) is 34.6 Å². The predicted octanol–water partition coefficient (Wildman–Crippen LogP) is 2.23. The molecule has 1 aromatic carbocycles. The molecule has 5 nitrogen and oxygen atoms in total. The van der Waals surface area contributed by atoms with E-state index in [1.165, 1.54) is 18.2 Å². The number of nitrogens with zero attached hydrogens (tertiary/aromatic N) is 1. The topological polar surface area (TPSA) is 75.8 Å². The van der Waals surface area contributed by atoms with Crippen molar-refractivity contribution in [2.75, 3.05) is 26.2 Å². The summed E-state index contributed by atoms with van der Waals surface area (Å²) in [6.45, 7) is 1.84. The maximum absolute atomic E-state index is 13.9. The van der Waals surface area contributed by atoms with Crippen LogP contribution in [0.5, 0.6) is 0 Å². The lowest BCUT2D eigenvalue weighted by Crippen LogP contribution is -2.63. The minimum atomic E-state index is -0.572. The summed E-state index contributed by atoms with van der Waals surface area (Å²) in [6, 6.07) is 3.98. The van der Waals surface area contributed by atoms with Crippen LogP contribution in [0.4, 0.5) is 4.39 Å². The number of aliphatic hydroxyl groups excluding tert-OH is 1. The van der Waals surface area contributed by atoms with Crippen LogP contribution in [0.15, 0.2) is 18.2 Å². The highest BCUT2D eigenvalue weighted by Crippen LogP contribution is 2.51. The molecule has 1 amide bonds. The summed E-state index contributed by atoms with van der Waals surface area (Å²) in [5, 5.41) is 10.6. The van der Waals surface area contributed by atoms with Gasteiger partial charge < -0.3 is 20.5 Å². The highest BCUT2D eigenvalue weighted by molar-refractivity contribution is 6.31. The van der Waals surface area contributed by atoms with Gasteiger partial charge in [0.25, 0.3) is 5.91 Å². The number of nitrogens with two attached hydrogens (primary N) is 1. The van der Waals surface area contributed by atoms with E-state index >= 15 is 0 Å². The quantitative estimate of drug-likeness (QED) is 0.823. The standard InChI is InChI=1S/C17H22ClFN2O3.ClH/c18-11-1-2-13(19)12(9-11)16(23)21-6-3-17(4-7-21)14(22)10-15(17)24-8-5-20;/h1-2,9,14-15,22H,3-8,10,20H2;1H/t14-,15+;/m1./s1. The summed E-state index contributed by atoms with van der Waals surface area (Å²) in [5.74, 6) is -0.935. The number of aliphatic hydroxyl groups is 1. The van der Waals surface area contributed by atoms with Crippen LogP contribution < -0.4 is 5.73 Å². The number of hydrogen-bond donors (Lipinski definition) is 2. The molecule has 1 aliphatic heterocycles. The zero-order valence-corrected chi connectivity index (χ0v) is 15.4. The van der Waals surface area contributed by atoms with Crippen LogP contribution in [0.2, 0.25) is 5.02 Å². The summed E-state index contributed by atoms with van der Waals surface area (Å²) in [7, 11) is 0. The molecule has 3 rings (SSSR count). The zero-order valence-electron chi connectivity index (χ0n) is 13.8. The molecule has 0 aromatic heterocycles. The fourth-order valence-electron chi connectivity index (χ4n) is 3.78. The summed E-state index contributed by atoms with van der Waals surface area (Å²) in [4.78, 5) is 14.2. The number of halogens is 3. The van der Waals surface area contributed by atoms with Gasteiger partial charge in [-0.25, -0.2) is 4.39 Å². The van der Waals surface area contributed by atoms with Crippen molar-refractivity contribution in [1.82, 2.24) is 4.90 Å².